The standard InChI is InChI=1S/C19H14F3NO2S/c1-11-8-12(6-7-16(11)20)14-9-17(21)18(22)10-15(14)13-4-2-3-5-19(13)26(23,24)25/h2-10H,1H3,(H2,23,24,25). The zero-order valence-electron chi connectivity index (χ0n) is 13.6. The van der Waals surface area contributed by atoms with Gasteiger partial charge in [0.2, 0.25) is 10.0 Å². The van der Waals surface area contributed by atoms with E-state index < -0.39 is 27.5 Å². The third-order valence-electron chi connectivity index (χ3n) is 4.01. The van der Waals surface area contributed by atoms with Crippen molar-refractivity contribution in [3.05, 3.63) is 77.6 Å². The molecule has 3 aromatic rings. The van der Waals surface area contributed by atoms with Crippen LogP contribution in [0.5, 0.6) is 0 Å². The summed E-state index contributed by atoms with van der Waals surface area (Å²) in [6, 6.07) is 11.7. The van der Waals surface area contributed by atoms with Crippen molar-refractivity contribution >= 4 is 10.0 Å². The van der Waals surface area contributed by atoms with E-state index >= 15 is 0 Å². The van der Waals surface area contributed by atoms with Gasteiger partial charge in [-0.15, -0.1) is 0 Å². The highest BCUT2D eigenvalue weighted by Crippen LogP contribution is 2.37. The fraction of sp³-hybridized carbons (Fsp3) is 0.0526. The average molecular weight is 377 g/mol. The normalized spacial score (nSPS) is 11.6. The molecule has 0 bridgehead atoms. The van der Waals surface area contributed by atoms with Crippen molar-refractivity contribution in [3.63, 3.8) is 0 Å². The predicted molar refractivity (Wildman–Crippen MR) is 93.3 cm³/mol. The highest BCUT2D eigenvalue weighted by atomic mass is 32.2. The van der Waals surface area contributed by atoms with Gasteiger partial charge < -0.3 is 0 Å². The van der Waals surface area contributed by atoms with E-state index in [2.05, 4.69) is 0 Å². The fourth-order valence-corrected chi connectivity index (χ4v) is 3.51. The van der Waals surface area contributed by atoms with Crippen LogP contribution in [-0.4, -0.2) is 8.42 Å². The summed E-state index contributed by atoms with van der Waals surface area (Å²) in [5.41, 5.74) is 1.23. The minimum Gasteiger partial charge on any atom is -0.225 e. The number of nitrogens with two attached hydrogens (primary N) is 1. The van der Waals surface area contributed by atoms with Crippen LogP contribution in [0.1, 0.15) is 5.56 Å². The molecule has 0 aliphatic carbocycles. The average Bonchev–Trinajstić information content (AvgIpc) is 2.58. The van der Waals surface area contributed by atoms with Gasteiger partial charge in [-0.25, -0.2) is 26.7 Å². The zero-order chi connectivity index (χ0) is 19.1. The number of primary sulfonamides is 1. The molecule has 3 nitrogen and oxygen atoms in total. The van der Waals surface area contributed by atoms with Gasteiger partial charge in [-0.2, -0.15) is 0 Å². The second-order valence-corrected chi connectivity index (χ2v) is 7.35. The van der Waals surface area contributed by atoms with Gasteiger partial charge in [-0.05, 0) is 59.5 Å². The van der Waals surface area contributed by atoms with Crippen LogP contribution in [0.2, 0.25) is 0 Å². The molecule has 0 spiro atoms. The Morgan fingerprint density at radius 2 is 1.38 bits per heavy atom. The predicted octanol–water partition coefficient (Wildman–Crippen LogP) is 4.39. The summed E-state index contributed by atoms with van der Waals surface area (Å²) in [5, 5.41) is 5.25. The first-order valence-electron chi connectivity index (χ1n) is 7.56. The van der Waals surface area contributed by atoms with Crippen molar-refractivity contribution in [3.8, 4) is 22.3 Å². The molecule has 0 aliphatic heterocycles. The number of sulfonamides is 1. The highest BCUT2D eigenvalue weighted by molar-refractivity contribution is 7.89. The molecule has 0 aromatic heterocycles. The van der Waals surface area contributed by atoms with Crippen molar-refractivity contribution in [2.45, 2.75) is 11.8 Å². The van der Waals surface area contributed by atoms with Crippen LogP contribution >= 0.6 is 0 Å². The Kier molecular flexibility index (Phi) is 4.60. The third kappa shape index (κ3) is 3.36. The third-order valence-corrected chi connectivity index (χ3v) is 4.98. The summed E-state index contributed by atoms with van der Waals surface area (Å²) in [5.74, 6) is -2.67. The smallest absolute Gasteiger partial charge is 0.225 e. The summed E-state index contributed by atoms with van der Waals surface area (Å²) in [6.45, 7) is 1.54. The molecule has 0 atom stereocenters. The van der Waals surface area contributed by atoms with Crippen LogP contribution in [-0.2, 0) is 10.0 Å². The molecule has 0 fully saturated rings. The first-order chi connectivity index (χ1) is 12.2. The molecule has 134 valence electrons. The van der Waals surface area contributed by atoms with Gasteiger partial charge in [0, 0.05) is 5.56 Å². The lowest BCUT2D eigenvalue weighted by Crippen LogP contribution is -2.13. The summed E-state index contributed by atoms with van der Waals surface area (Å²) in [6.07, 6.45) is 0. The molecule has 0 radical (unpaired) electrons. The number of benzene rings is 3. The van der Waals surface area contributed by atoms with Gasteiger partial charge >= 0.3 is 0 Å². The summed E-state index contributed by atoms with van der Waals surface area (Å²) in [4.78, 5) is -0.217. The minimum absolute atomic E-state index is 0.130. The van der Waals surface area contributed by atoms with E-state index in [-0.39, 0.29) is 21.6 Å². The Bertz CT molecular complexity index is 1110. The van der Waals surface area contributed by atoms with E-state index in [1.165, 1.54) is 43.3 Å². The van der Waals surface area contributed by atoms with Crippen LogP contribution in [0.3, 0.4) is 0 Å². The van der Waals surface area contributed by atoms with Crippen LogP contribution in [0.25, 0.3) is 22.3 Å². The van der Waals surface area contributed by atoms with Gasteiger partial charge in [0.05, 0.1) is 4.90 Å². The lowest BCUT2D eigenvalue weighted by atomic mass is 9.93. The van der Waals surface area contributed by atoms with Crippen LogP contribution in [0.15, 0.2) is 59.5 Å². The Morgan fingerprint density at radius 3 is 2.00 bits per heavy atom. The van der Waals surface area contributed by atoms with E-state index in [1.807, 2.05) is 0 Å². The quantitative estimate of drug-likeness (QED) is 0.736. The molecule has 0 amide bonds. The van der Waals surface area contributed by atoms with E-state index in [0.29, 0.717) is 11.1 Å². The number of aryl methyl sites for hydroxylation is 1. The first kappa shape index (κ1) is 18.2. The van der Waals surface area contributed by atoms with Crippen molar-refractivity contribution in [1.82, 2.24) is 0 Å². The Hall–Kier alpha value is -2.64. The number of halogens is 3. The molecule has 0 saturated carbocycles. The van der Waals surface area contributed by atoms with Gasteiger partial charge in [0.25, 0.3) is 0 Å². The van der Waals surface area contributed by atoms with E-state index in [1.54, 1.807) is 6.07 Å². The molecule has 0 saturated heterocycles. The maximum atomic E-state index is 13.9. The zero-order valence-corrected chi connectivity index (χ0v) is 14.4. The number of hydrogen-bond acceptors (Lipinski definition) is 2. The van der Waals surface area contributed by atoms with Crippen molar-refractivity contribution in [1.29, 1.82) is 0 Å². The van der Waals surface area contributed by atoms with Crippen LogP contribution in [0.4, 0.5) is 13.2 Å². The molecule has 0 aliphatic rings. The number of hydrogen-bond donors (Lipinski definition) is 1. The van der Waals surface area contributed by atoms with Gasteiger partial charge in [-0.1, -0.05) is 24.3 Å². The second-order valence-electron chi connectivity index (χ2n) is 5.82. The molecule has 3 rings (SSSR count). The van der Waals surface area contributed by atoms with Crippen LogP contribution in [0, 0.1) is 24.4 Å². The SMILES string of the molecule is Cc1cc(-c2cc(F)c(F)cc2-c2ccccc2S(N)(=O)=O)ccc1F. The molecule has 3 aromatic carbocycles. The lowest BCUT2D eigenvalue weighted by Gasteiger charge is -2.14. The van der Waals surface area contributed by atoms with Crippen molar-refractivity contribution < 1.29 is 21.6 Å². The molecule has 26 heavy (non-hydrogen) atoms. The second kappa shape index (κ2) is 6.59. The Balaban J connectivity index is 2.36. The topological polar surface area (TPSA) is 60.2 Å². The van der Waals surface area contributed by atoms with Crippen LogP contribution < -0.4 is 5.14 Å². The van der Waals surface area contributed by atoms with E-state index in [9.17, 15) is 21.6 Å². The Labute approximate surface area is 149 Å². The monoisotopic (exact) mass is 377 g/mol. The van der Waals surface area contributed by atoms with E-state index in [4.69, 9.17) is 5.14 Å². The summed E-state index contributed by atoms with van der Waals surface area (Å²) >= 11 is 0. The largest absolute Gasteiger partial charge is 0.238 e. The van der Waals surface area contributed by atoms with Gasteiger partial charge in [-0.3, -0.25) is 0 Å². The minimum atomic E-state index is -4.09. The summed E-state index contributed by atoms with van der Waals surface area (Å²) in [7, 11) is -4.09. The highest BCUT2D eigenvalue weighted by Gasteiger charge is 2.20. The summed E-state index contributed by atoms with van der Waals surface area (Å²) < 4.78 is 65.1. The van der Waals surface area contributed by atoms with Gasteiger partial charge in [0.1, 0.15) is 5.82 Å². The maximum Gasteiger partial charge on any atom is 0.238 e. The fourth-order valence-electron chi connectivity index (χ4n) is 2.76. The lowest BCUT2D eigenvalue weighted by molar-refractivity contribution is 0.509. The van der Waals surface area contributed by atoms with Crippen molar-refractivity contribution in [2.75, 3.05) is 0 Å². The molecule has 0 unspecified atom stereocenters. The van der Waals surface area contributed by atoms with Crippen molar-refractivity contribution in [2.24, 2.45) is 5.14 Å². The number of rotatable bonds is 3. The molecular formula is C19H14F3NO2S. The molecule has 2 N–H and O–H groups in total. The molecule has 7 heteroatoms. The maximum absolute atomic E-state index is 13.9. The Morgan fingerprint density at radius 1 is 0.769 bits per heavy atom. The van der Waals surface area contributed by atoms with Gasteiger partial charge in [0.15, 0.2) is 11.6 Å². The van der Waals surface area contributed by atoms with E-state index in [0.717, 1.165) is 12.1 Å². The molecule has 0 heterocycles. The first-order valence-corrected chi connectivity index (χ1v) is 9.11. The molecular weight excluding hydrogens is 363 g/mol.